The van der Waals surface area contributed by atoms with Gasteiger partial charge in [-0.2, -0.15) is 5.10 Å². The van der Waals surface area contributed by atoms with Gasteiger partial charge in [-0.15, -0.1) is 0 Å². The molecule has 0 aliphatic rings. The Balaban J connectivity index is 1.74. The highest BCUT2D eigenvalue weighted by molar-refractivity contribution is 6.30. The van der Waals surface area contributed by atoms with Crippen LogP contribution in [-0.2, 0) is 13.1 Å². The highest BCUT2D eigenvalue weighted by Gasteiger charge is 2.03. The number of benzene rings is 1. The molecule has 5 nitrogen and oxygen atoms in total. The monoisotopic (exact) mass is 351 g/mol. The Hall–Kier alpha value is -2.08. The Bertz CT molecular complexity index is 711. The van der Waals surface area contributed by atoms with E-state index in [2.05, 4.69) is 33.7 Å². The third-order valence-corrected chi connectivity index (χ3v) is 3.90. The summed E-state index contributed by atoms with van der Waals surface area (Å²) in [5, 5.41) is 11.0. The maximum absolute atomic E-state index is 13.1. The van der Waals surface area contributed by atoms with Gasteiger partial charge in [-0.1, -0.05) is 17.7 Å². The minimum Gasteiger partial charge on any atom is -0.356 e. The molecule has 0 bridgehead atoms. The summed E-state index contributed by atoms with van der Waals surface area (Å²) in [7, 11) is 1.72. The van der Waals surface area contributed by atoms with Gasteiger partial charge in [0.1, 0.15) is 5.82 Å². The van der Waals surface area contributed by atoms with Crippen LogP contribution in [0.3, 0.4) is 0 Å². The normalized spacial score (nSPS) is 11.6. The molecule has 0 unspecified atom stereocenters. The summed E-state index contributed by atoms with van der Waals surface area (Å²) in [6.45, 7) is 6.22. The van der Waals surface area contributed by atoms with Crippen LogP contribution in [0.2, 0.25) is 5.02 Å². The molecule has 0 fully saturated rings. The number of nitrogens with zero attached hydrogens (tertiary/aromatic N) is 3. The first-order chi connectivity index (χ1) is 11.5. The van der Waals surface area contributed by atoms with Gasteiger partial charge in [0.2, 0.25) is 0 Å². The van der Waals surface area contributed by atoms with Crippen molar-refractivity contribution in [2.45, 2.75) is 33.4 Å². The molecule has 1 aromatic carbocycles. The van der Waals surface area contributed by atoms with Crippen LogP contribution in [0.25, 0.3) is 0 Å². The molecule has 0 aliphatic heterocycles. The van der Waals surface area contributed by atoms with Crippen molar-refractivity contribution < 1.29 is 4.39 Å². The van der Waals surface area contributed by atoms with E-state index in [0.717, 1.165) is 30.8 Å². The number of aryl methyl sites for hydroxylation is 3. The van der Waals surface area contributed by atoms with E-state index in [1.165, 1.54) is 11.8 Å². The van der Waals surface area contributed by atoms with Crippen LogP contribution in [0.15, 0.2) is 29.3 Å². The first-order valence-corrected chi connectivity index (χ1v) is 8.27. The topological polar surface area (TPSA) is 54.2 Å². The molecule has 0 saturated heterocycles. The molecule has 130 valence electrons. The Labute approximate surface area is 146 Å². The predicted octanol–water partition coefficient (Wildman–Crippen LogP) is 3.05. The first kappa shape index (κ1) is 18.3. The van der Waals surface area contributed by atoms with Crippen molar-refractivity contribution in [1.29, 1.82) is 0 Å². The lowest BCUT2D eigenvalue weighted by Gasteiger charge is -2.12. The van der Waals surface area contributed by atoms with E-state index in [1.807, 2.05) is 11.6 Å². The van der Waals surface area contributed by atoms with Gasteiger partial charge in [-0.05, 0) is 44.0 Å². The molecule has 2 rings (SSSR count). The molecule has 2 aromatic rings. The third-order valence-electron chi connectivity index (χ3n) is 3.61. The third kappa shape index (κ3) is 5.23. The Kier molecular flexibility index (Phi) is 6.61. The fourth-order valence-corrected chi connectivity index (χ4v) is 2.60. The quantitative estimate of drug-likeness (QED) is 0.478. The standard InChI is InChI=1S/C17H23ClFN5/c1-12-9-13(2)24(23-12)8-4-7-21-17(20-3)22-11-14-5-6-16(19)15(18)10-14/h5-6,9-10H,4,7-8,11H2,1-3H3,(H2,20,21,22). The van der Waals surface area contributed by atoms with Gasteiger partial charge in [-0.3, -0.25) is 9.67 Å². The molecule has 7 heteroatoms. The van der Waals surface area contributed by atoms with Crippen molar-refractivity contribution in [1.82, 2.24) is 20.4 Å². The van der Waals surface area contributed by atoms with Crippen LogP contribution in [0, 0.1) is 19.7 Å². The van der Waals surface area contributed by atoms with Crippen LogP contribution in [-0.4, -0.2) is 29.3 Å². The minimum absolute atomic E-state index is 0.127. The van der Waals surface area contributed by atoms with E-state index < -0.39 is 5.82 Å². The average Bonchev–Trinajstić information content (AvgIpc) is 2.87. The number of guanidine groups is 1. The lowest BCUT2D eigenvalue weighted by Crippen LogP contribution is -2.37. The molecule has 1 aromatic heterocycles. The summed E-state index contributed by atoms with van der Waals surface area (Å²) in [6, 6.07) is 6.75. The molecule has 0 atom stereocenters. The fraction of sp³-hybridized carbons (Fsp3) is 0.412. The van der Waals surface area contributed by atoms with E-state index >= 15 is 0 Å². The van der Waals surface area contributed by atoms with Crippen molar-refractivity contribution in [3.05, 3.63) is 52.1 Å². The molecule has 0 saturated carbocycles. The zero-order valence-corrected chi connectivity index (χ0v) is 15.0. The zero-order valence-electron chi connectivity index (χ0n) is 14.2. The van der Waals surface area contributed by atoms with Gasteiger partial charge >= 0.3 is 0 Å². The van der Waals surface area contributed by atoms with Crippen molar-refractivity contribution in [3.63, 3.8) is 0 Å². The highest BCUT2D eigenvalue weighted by atomic mass is 35.5. The van der Waals surface area contributed by atoms with Gasteiger partial charge in [0, 0.05) is 32.4 Å². The largest absolute Gasteiger partial charge is 0.356 e. The highest BCUT2D eigenvalue weighted by Crippen LogP contribution is 2.15. The minimum atomic E-state index is -0.410. The van der Waals surface area contributed by atoms with Gasteiger partial charge in [0.15, 0.2) is 5.96 Å². The van der Waals surface area contributed by atoms with Crippen molar-refractivity contribution in [2.24, 2.45) is 4.99 Å². The molecular weight excluding hydrogens is 329 g/mol. The van der Waals surface area contributed by atoms with E-state index in [9.17, 15) is 4.39 Å². The summed E-state index contributed by atoms with van der Waals surface area (Å²) in [5.41, 5.74) is 3.10. The average molecular weight is 352 g/mol. The number of aromatic nitrogens is 2. The van der Waals surface area contributed by atoms with Gasteiger partial charge in [-0.25, -0.2) is 4.39 Å². The second-order valence-electron chi connectivity index (χ2n) is 5.60. The number of halogens is 2. The van der Waals surface area contributed by atoms with Crippen molar-refractivity contribution >= 4 is 17.6 Å². The molecular formula is C17H23ClFN5. The van der Waals surface area contributed by atoms with E-state index in [1.54, 1.807) is 19.2 Å². The maximum atomic E-state index is 13.1. The van der Waals surface area contributed by atoms with E-state index in [0.29, 0.717) is 12.5 Å². The van der Waals surface area contributed by atoms with Crippen LogP contribution >= 0.6 is 11.6 Å². The SMILES string of the molecule is CN=C(NCCCn1nc(C)cc1C)NCc1ccc(F)c(Cl)c1. The summed E-state index contributed by atoms with van der Waals surface area (Å²) >= 11 is 5.78. The van der Waals surface area contributed by atoms with Gasteiger partial charge in [0.25, 0.3) is 0 Å². The smallest absolute Gasteiger partial charge is 0.191 e. The lowest BCUT2D eigenvalue weighted by molar-refractivity contribution is 0.555. The second kappa shape index (κ2) is 8.68. The molecule has 0 radical (unpaired) electrons. The van der Waals surface area contributed by atoms with Crippen LogP contribution < -0.4 is 10.6 Å². The van der Waals surface area contributed by atoms with Crippen molar-refractivity contribution in [3.8, 4) is 0 Å². The molecule has 0 spiro atoms. The number of hydrogen-bond donors (Lipinski definition) is 2. The van der Waals surface area contributed by atoms with Gasteiger partial charge < -0.3 is 10.6 Å². The number of hydrogen-bond acceptors (Lipinski definition) is 2. The Morgan fingerprint density at radius 1 is 1.29 bits per heavy atom. The molecule has 2 N–H and O–H groups in total. The summed E-state index contributed by atoms with van der Waals surface area (Å²) in [5.74, 6) is 0.288. The Morgan fingerprint density at radius 2 is 2.08 bits per heavy atom. The predicted molar refractivity (Wildman–Crippen MR) is 95.9 cm³/mol. The molecule has 0 aliphatic carbocycles. The number of nitrogens with one attached hydrogen (secondary N) is 2. The maximum Gasteiger partial charge on any atom is 0.191 e. The van der Waals surface area contributed by atoms with E-state index in [-0.39, 0.29) is 5.02 Å². The molecule has 1 heterocycles. The van der Waals surface area contributed by atoms with Crippen LogP contribution in [0.4, 0.5) is 4.39 Å². The van der Waals surface area contributed by atoms with Gasteiger partial charge in [0.05, 0.1) is 10.7 Å². The summed E-state index contributed by atoms with van der Waals surface area (Å²) < 4.78 is 15.2. The molecule has 0 amide bonds. The number of rotatable bonds is 6. The Morgan fingerprint density at radius 3 is 2.71 bits per heavy atom. The summed E-state index contributed by atoms with van der Waals surface area (Å²) in [6.07, 6.45) is 0.936. The summed E-state index contributed by atoms with van der Waals surface area (Å²) in [4.78, 5) is 4.17. The van der Waals surface area contributed by atoms with E-state index in [4.69, 9.17) is 11.6 Å². The van der Waals surface area contributed by atoms with Crippen LogP contribution in [0.1, 0.15) is 23.4 Å². The fourth-order valence-electron chi connectivity index (χ4n) is 2.39. The molecule has 24 heavy (non-hydrogen) atoms. The van der Waals surface area contributed by atoms with Crippen LogP contribution in [0.5, 0.6) is 0 Å². The van der Waals surface area contributed by atoms with Crippen molar-refractivity contribution in [2.75, 3.05) is 13.6 Å². The lowest BCUT2D eigenvalue weighted by atomic mass is 10.2. The first-order valence-electron chi connectivity index (χ1n) is 7.89. The second-order valence-corrected chi connectivity index (χ2v) is 6.01. The number of aliphatic imine (C=N–C) groups is 1. The zero-order chi connectivity index (χ0) is 17.5.